The van der Waals surface area contributed by atoms with Crippen molar-refractivity contribution >= 4 is 33.0 Å². The molecule has 2 aromatic rings. The summed E-state index contributed by atoms with van der Waals surface area (Å²) in [5.74, 6) is 0.476. The first kappa shape index (κ1) is 10.0. The van der Waals surface area contributed by atoms with Crippen LogP contribution in [-0.4, -0.2) is 0 Å². The topological polar surface area (TPSA) is 0 Å². The molecule has 1 aromatic carbocycles. The van der Waals surface area contributed by atoms with Crippen molar-refractivity contribution in [1.82, 2.24) is 0 Å². The van der Waals surface area contributed by atoms with Crippen molar-refractivity contribution in [3.8, 4) is 0 Å². The van der Waals surface area contributed by atoms with E-state index in [1.165, 1.54) is 15.6 Å². The van der Waals surface area contributed by atoms with Crippen LogP contribution in [0.3, 0.4) is 0 Å². The zero-order valence-corrected chi connectivity index (χ0v) is 9.90. The molecule has 2 heteroatoms. The van der Waals surface area contributed by atoms with Crippen molar-refractivity contribution in [3.63, 3.8) is 0 Å². The summed E-state index contributed by atoms with van der Waals surface area (Å²) in [6.45, 7) is 4.31. The number of benzene rings is 1. The van der Waals surface area contributed by atoms with E-state index >= 15 is 0 Å². The van der Waals surface area contributed by atoms with Crippen LogP contribution in [0.4, 0.5) is 0 Å². The van der Waals surface area contributed by atoms with Gasteiger partial charge in [0, 0.05) is 4.70 Å². The summed E-state index contributed by atoms with van der Waals surface area (Å²) in [7, 11) is 0. The third-order valence-electron chi connectivity index (χ3n) is 2.39. The van der Waals surface area contributed by atoms with E-state index < -0.39 is 0 Å². The Balaban J connectivity index is 2.56. The summed E-state index contributed by atoms with van der Waals surface area (Å²) < 4.78 is 1.33. The molecule has 0 nitrogen and oxygen atoms in total. The Morgan fingerprint density at radius 2 is 2.00 bits per heavy atom. The Morgan fingerprint density at radius 3 is 2.71 bits per heavy atom. The number of hydrogen-bond donors (Lipinski definition) is 0. The van der Waals surface area contributed by atoms with Crippen molar-refractivity contribution in [1.29, 1.82) is 0 Å². The smallest absolute Gasteiger partial charge is 0.0622 e. The molecule has 0 fully saturated rings. The second kappa shape index (κ2) is 3.92. The van der Waals surface area contributed by atoms with Gasteiger partial charge in [-0.15, -0.1) is 22.9 Å². The highest BCUT2D eigenvalue weighted by molar-refractivity contribution is 7.17. The van der Waals surface area contributed by atoms with Crippen LogP contribution in [0.1, 0.15) is 24.8 Å². The Labute approximate surface area is 93.5 Å². The predicted octanol–water partition coefficient (Wildman–Crippen LogP) is 4.84. The molecule has 0 aliphatic carbocycles. The van der Waals surface area contributed by atoms with Gasteiger partial charge in [-0.3, -0.25) is 0 Å². The fraction of sp³-hybridized carbons (Fsp3) is 0.333. The average molecular weight is 225 g/mol. The minimum atomic E-state index is 0.123. The fourth-order valence-electron chi connectivity index (χ4n) is 1.59. The summed E-state index contributed by atoms with van der Waals surface area (Å²) in [5, 5.41) is 3.55. The number of thiophene rings is 1. The van der Waals surface area contributed by atoms with Gasteiger partial charge in [0.05, 0.1) is 5.38 Å². The zero-order valence-electron chi connectivity index (χ0n) is 8.33. The van der Waals surface area contributed by atoms with E-state index in [0.29, 0.717) is 5.92 Å². The van der Waals surface area contributed by atoms with Crippen LogP contribution in [0.2, 0.25) is 0 Å². The molecule has 0 aliphatic heterocycles. The van der Waals surface area contributed by atoms with E-state index in [2.05, 4.69) is 43.5 Å². The molecule has 1 unspecified atom stereocenters. The number of fused-ring (bicyclic) bond motifs is 1. The lowest BCUT2D eigenvalue weighted by molar-refractivity contribution is 0.627. The van der Waals surface area contributed by atoms with E-state index in [9.17, 15) is 0 Å². The molecule has 0 aliphatic rings. The molecule has 14 heavy (non-hydrogen) atoms. The van der Waals surface area contributed by atoms with E-state index in [0.717, 1.165) is 0 Å². The molecular formula is C12H13ClS. The maximum absolute atomic E-state index is 6.38. The second-order valence-electron chi connectivity index (χ2n) is 3.83. The van der Waals surface area contributed by atoms with Crippen LogP contribution in [0, 0.1) is 5.92 Å². The van der Waals surface area contributed by atoms with E-state index in [1.54, 1.807) is 11.3 Å². The Hall–Kier alpha value is -0.530. The maximum atomic E-state index is 6.38. The minimum absolute atomic E-state index is 0.123. The van der Waals surface area contributed by atoms with Crippen molar-refractivity contribution in [3.05, 3.63) is 35.2 Å². The van der Waals surface area contributed by atoms with E-state index in [-0.39, 0.29) is 5.38 Å². The molecule has 74 valence electrons. The van der Waals surface area contributed by atoms with Crippen molar-refractivity contribution in [2.45, 2.75) is 19.2 Å². The standard InChI is InChI=1S/C12H13ClS/c1-8(2)11(13)10-5-3-4-9-6-7-14-12(9)10/h3-8,11H,1-2H3. The van der Waals surface area contributed by atoms with Gasteiger partial charge in [0.25, 0.3) is 0 Å². The van der Waals surface area contributed by atoms with E-state index in [4.69, 9.17) is 11.6 Å². The number of hydrogen-bond acceptors (Lipinski definition) is 1. The van der Waals surface area contributed by atoms with Crippen LogP contribution >= 0.6 is 22.9 Å². The lowest BCUT2D eigenvalue weighted by Crippen LogP contribution is -1.98. The van der Waals surface area contributed by atoms with Crippen LogP contribution in [-0.2, 0) is 0 Å². The highest BCUT2D eigenvalue weighted by Gasteiger charge is 2.15. The Kier molecular flexibility index (Phi) is 2.80. The molecule has 0 bridgehead atoms. The van der Waals surface area contributed by atoms with Crippen molar-refractivity contribution in [2.24, 2.45) is 5.92 Å². The molecular weight excluding hydrogens is 212 g/mol. The summed E-state index contributed by atoms with van der Waals surface area (Å²) in [6, 6.07) is 8.51. The van der Waals surface area contributed by atoms with Gasteiger partial charge in [-0.05, 0) is 28.3 Å². The quantitative estimate of drug-likeness (QED) is 0.641. The SMILES string of the molecule is CC(C)C(Cl)c1cccc2ccsc12. The molecule has 2 rings (SSSR count). The van der Waals surface area contributed by atoms with Gasteiger partial charge in [0.1, 0.15) is 0 Å². The molecule has 0 N–H and O–H groups in total. The fourth-order valence-corrected chi connectivity index (χ4v) is 2.79. The maximum Gasteiger partial charge on any atom is 0.0622 e. The van der Waals surface area contributed by atoms with Crippen LogP contribution in [0.25, 0.3) is 10.1 Å². The lowest BCUT2D eigenvalue weighted by atomic mass is 10.0. The average Bonchev–Trinajstić information content (AvgIpc) is 2.63. The molecule has 0 saturated carbocycles. The molecule has 0 radical (unpaired) electrons. The van der Waals surface area contributed by atoms with Crippen LogP contribution in [0.5, 0.6) is 0 Å². The number of halogens is 1. The highest BCUT2D eigenvalue weighted by atomic mass is 35.5. The first-order valence-corrected chi connectivity index (χ1v) is 6.12. The normalized spacial score (nSPS) is 13.7. The molecule has 0 spiro atoms. The molecule has 1 aromatic heterocycles. The summed E-state index contributed by atoms with van der Waals surface area (Å²) in [4.78, 5) is 0. The van der Waals surface area contributed by atoms with E-state index in [1.807, 2.05) is 0 Å². The van der Waals surface area contributed by atoms with Gasteiger partial charge in [-0.1, -0.05) is 32.0 Å². The number of rotatable bonds is 2. The van der Waals surface area contributed by atoms with Gasteiger partial charge >= 0.3 is 0 Å². The van der Waals surface area contributed by atoms with Gasteiger partial charge in [-0.2, -0.15) is 0 Å². The Morgan fingerprint density at radius 1 is 1.21 bits per heavy atom. The zero-order chi connectivity index (χ0) is 10.1. The third kappa shape index (κ3) is 1.67. The minimum Gasteiger partial charge on any atom is -0.143 e. The van der Waals surface area contributed by atoms with Crippen molar-refractivity contribution in [2.75, 3.05) is 0 Å². The first-order chi connectivity index (χ1) is 6.70. The molecule has 1 atom stereocenters. The van der Waals surface area contributed by atoms with Crippen LogP contribution in [0.15, 0.2) is 29.6 Å². The van der Waals surface area contributed by atoms with Gasteiger partial charge in [0.15, 0.2) is 0 Å². The largest absolute Gasteiger partial charge is 0.143 e. The second-order valence-corrected chi connectivity index (χ2v) is 5.22. The van der Waals surface area contributed by atoms with Gasteiger partial charge < -0.3 is 0 Å². The summed E-state index contributed by atoms with van der Waals surface area (Å²) in [6.07, 6.45) is 0. The third-order valence-corrected chi connectivity index (χ3v) is 4.11. The van der Waals surface area contributed by atoms with Crippen molar-refractivity contribution < 1.29 is 0 Å². The van der Waals surface area contributed by atoms with Gasteiger partial charge in [0.2, 0.25) is 0 Å². The monoisotopic (exact) mass is 224 g/mol. The van der Waals surface area contributed by atoms with Crippen LogP contribution < -0.4 is 0 Å². The Bertz CT molecular complexity index is 431. The summed E-state index contributed by atoms with van der Waals surface area (Å²) >= 11 is 8.16. The molecule has 1 heterocycles. The first-order valence-electron chi connectivity index (χ1n) is 4.80. The van der Waals surface area contributed by atoms with Gasteiger partial charge in [-0.25, -0.2) is 0 Å². The lowest BCUT2D eigenvalue weighted by Gasteiger charge is -2.14. The summed E-state index contributed by atoms with van der Waals surface area (Å²) in [5.41, 5.74) is 1.27. The molecule has 0 saturated heterocycles. The highest BCUT2D eigenvalue weighted by Crippen LogP contribution is 2.35. The predicted molar refractivity (Wildman–Crippen MR) is 65.3 cm³/mol. The molecule has 0 amide bonds. The number of alkyl halides is 1.